The molecule has 2 aromatic rings. The van der Waals surface area contributed by atoms with Crippen molar-refractivity contribution >= 4 is 11.3 Å². The first-order chi connectivity index (χ1) is 9.72. The Balaban J connectivity index is 1.63. The molecule has 1 aromatic heterocycles. The molecule has 20 heavy (non-hydrogen) atoms. The average Bonchev–Trinajstić information content (AvgIpc) is 2.92. The highest BCUT2D eigenvalue weighted by molar-refractivity contribution is 7.07. The molecule has 1 aliphatic heterocycles. The smallest absolute Gasteiger partial charge is 0.0795 e. The van der Waals surface area contributed by atoms with Gasteiger partial charge in [-0.2, -0.15) is 0 Å². The van der Waals surface area contributed by atoms with Crippen LogP contribution in [0.5, 0.6) is 0 Å². The van der Waals surface area contributed by atoms with Gasteiger partial charge in [0.25, 0.3) is 0 Å². The van der Waals surface area contributed by atoms with Crippen LogP contribution in [0.2, 0.25) is 0 Å². The second-order valence-corrected chi connectivity index (χ2v) is 6.44. The lowest BCUT2D eigenvalue weighted by molar-refractivity contribution is 0.158. The van der Waals surface area contributed by atoms with Gasteiger partial charge < -0.3 is 0 Å². The maximum absolute atomic E-state index is 4.37. The highest BCUT2D eigenvalue weighted by atomic mass is 32.1. The lowest BCUT2D eigenvalue weighted by atomic mass is 9.94. The monoisotopic (exact) mass is 287 g/mol. The Bertz CT molecular complexity index is 553. The normalized spacial score (nSPS) is 19.2. The van der Waals surface area contributed by atoms with Crippen molar-refractivity contribution in [3.05, 3.63) is 52.0 Å². The van der Waals surface area contributed by atoms with E-state index in [1.807, 2.05) is 5.51 Å². The van der Waals surface area contributed by atoms with Crippen molar-refractivity contribution in [2.45, 2.75) is 25.6 Å². The minimum Gasteiger partial charge on any atom is -0.299 e. The number of benzene rings is 1. The van der Waals surface area contributed by atoms with Crippen molar-refractivity contribution in [3.63, 3.8) is 0 Å². The molecular weight excluding hydrogens is 266 g/mol. The molecule has 1 aromatic carbocycles. The number of hydrogen-bond acceptors (Lipinski definition) is 4. The molecule has 1 unspecified atom stereocenters. The summed E-state index contributed by atoms with van der Waals surface area (Å²) in [7, 11) is 4.42. The van der Waals surface area contributed by atoms with Crippen LogP contribution in [0.3, 0.4) is 0 Å². The molecule has 3 rings (SSSR count). The van der Waals surface area contributed by atoms with Gasteiger partial charge in [-0.15, -0.1) is 11.3 Å². The third-order valence-corrected chi connectivity index (χ3v) is 4.69. The van der Waals surface area contributed by atoms with E-state index in [1.165, 1.54) is 16.8 Å². The maximum atomic E-state index is 4.37. The van der Waals surface area contributed by atoms with Crippen LogP contribution in [0.1, 0.15) is 16.8 Å². The van der Waals surface area contributed by atoms with Crippen molar-refractivity contribution in [1.82, 2.24) is 14.8 Å². The lowest BCUT2D eigenvalue weighted by Gasteiger charge is -2.36. The number of hydrogen-bond donors (Lipinski definition) is 0. The summed E-state index contributed by atoms with van der Waals surface area (Å²) in [4.78, 5) is 9.22. The summed E-state index contributed by atoms with van der Waals surface area (Å²) < 4.78 is 0. The Labute approximate surface area is 124 Å². The topological polar surface area (TPSA) is 19.4 Å². The van der Waals surface area contributed by atoms with Gasteiger partial charge in [0.1, 0.15) is 0 Å². The highest BCUT2D eigenvalue weighted by Gasteiger charge is 2.24. The Hall–Kier alpha value is -1.23. The predicted octanol–water partition coefficient (Wildman–Crippen LogP) is 2.63. The van der Waals surface area contributed by atoms with Crippen molar-refractivity contribution in [3.8, 4) is 0 Å². The zero-order valence-electron chi connectivity index (χ0n) is 12.1. The summed E-state index contributed by atoms with van der Waals surface area (Å²) in [5.41, 5.74) is 6.08. The van der Waals surface area contributed by atoms with Gasteiger partial charge in [-0.05, 0) is 31.6 Å². The fourth-order valence-corrected chi connectivity index (χ4v) is 3.49. The second-order valence-electron chi connectivity index (χ2n) is 5.72. The zero-order chi connectivity index (χ0) is 13.9. The Kier molecular flexibility index (Phi) is 4.15. The largest absolute Gasteiger partial charge is 0.299 e. The predicted molar refractivity (Wildman–Crippen MR) is 83.8 cm³/mol. The van der Waals surface area contributed by atoms with Crippen molar-refractivity contribution in [2.24, 2.45) is 0 Å². The maximum Gasteiger partial charge on any atom is 0.0795 e. The first-order valence-electron chi connectivity index (χ1n) is 7.05. The van der Waals surface area contributed by atoms with Crippen LogP contribution in [-0.2, 0) is 19.5 Å². The van der Waals surface area contributed by atoms with E-state index >= 15 is 0 Å². The molecule has 0 saturated heterocycles. The van der Waals surface area contributed by atoms with Gasteiger partial charge in [0, 0.05) is 31.1 Å². The molecule has 2 heterocycles. The summed E-state index contributed by atoms with van der Waals surface area (Å²) in [6, 6.07) is 9.41. The van der Waals surface area contributed by atoms with Crippen LogP contribution in [-0.4, -0.2) is 41.5 Å². The standard InChI is InChI=1S/C16H21N3S/c1-18(9-15-11-20-12-17-15)10-16-7-13-5-3-4-6-14(13)8-19(16)2/h3-6,11-12,16H,7-10H2,1-2H3. The number of nitrogens with zero attached hydrogens (tertiary/aromatic N) is 3. The molecule has 0 radical (unpaired) electrons. The minimum absolute atomic E-state index is 0.591. The number of rotatable bonds is 4. The first-order valence-corrected chi connectivity index (χ1v) is 7.99. The Morgan fingerprint density at radius 1 is 1.35 bits per heavy atom. The zero-order valence-corrected chi connectivity index (χ0v) is 12.9. The molecule has 0 N–H and O–H groups in total. The van der Waals surface area contributed by atoms with E-state index in [1.54, 1.807) is 11.3 Å². The van der Waals surface area contributed by atoms with Crippen LogP contribution in [0.25, 0.3) is 0 Å². The van der Waals surface area contributed by atoms with Gasteiger partial charge in [-0.3, -0.25) is 9.80 Å². The average molecular weight is 287 g/mol. The summed E-state index contributed by atoms with van der Waals surface area (Å²) in [6.45, 7) is 3.09. The number of thiazole rings is 1. The number of aromatic nitrogens is 1. The molecule has 0 saturated carbocycles. The van der Waals surface area contributed by atoms with Gasteiger partial charge in [-0.1, -0.05) is 24.3 Å². The second kappa shape index (κ2) is 6.04. The molecule has 0 aliphatic carbocycles. The fraction of sp³-hybridized carbons (Fsp3) is 0.438. The van der Waals surface area contributed by atoms with E-state index < -0.39 is 0 Å². The summed E-state index contributed by atoms with van der Waals surface area (Å²) in [5.74, 6) is 0. The molecule has 4 heteroatoms. The van der Waals surface area contributed by atoms with Crippen molar-refractivity contribution < 1.29 is 0 Å². The van der Waals surface area contributed by atoms with Gasteiger partial charge in [0.2, 0.25) is 0 Å². The van der Waals surface area contributed by atoms with Crippen molar-refractivity contribution in [2.75, 3.05) is 20.6 Å². The summed E-state index contributed by atoms with van der Waals surface area (Å²) >= 11 is 1.67. The van der Waals surface area contributed by atoms with Gasteiger partial charge in [-0.25, -0.2) is 4.98 Å². The summed E-state index contributed by atoms with van der Waals surface area (Å²) in [5, 5.41) is 2.14. The molecule has 3 nitrogen and oxygen atoms in total. The van der Waals surface area contributed by atoms with Gasteiger partial charge in [0.05, 0.1) is 11.2 Å². The van der Waals surface area contributed by atoms with E-state index in [0.29, 0.717) is 6.04 Å². The molecule has 1 atom stereocenters. The fourth-order valence-electron chi connectivity index (χ4n) is 2.94. The molecule has 1 aliphatic rings. The van der Waals surface area contributed by atoms with Gasteiger partial charge in [0.15, 0.2) is 0 Å². The van der Waals surface area contributed by atoms with E-state index in [2.05, 4.69) is 58.5 Å². The van der Waals surface area contributed by atoms with Crippen LogP contribution < -0.4 is 0 Å². The quantitative estimate of drug-likeness (QED) is 0.862. The van der Waals surface area contributed by atoms with Crippen LogP contribution in [0, 0.1) is 0 Å². The highest BCUT2D eigenvalue weighted by Crippen LogP contribution is 2.22. The third kappa shape index (κ3) is 3.08. The Morgan fingerprint density at radius 3 is 2.90 bits per heavy atom. The van der Waals surface area contributed by atoms with E-state index in [-0.39, 0.29) is 0 Å². The molecule has 0 bridgehead atoms. The van der Waals surface area contributed by atoms with Crippen LogP contribution in [0.4, 0.5) is 0 Å². The van der Waals surface area contributed by atoms with Crippen molar-refractivity contribution in [1.29, 1.82) is 0 Å². The van der Waals surface area contributed by atoms with Crippen LogP contribution >= 0.6 is 11.3 Å². The molecule has 0 spiro atoms. The molecule has 0 amide bonds. The SMILES string of the molecule is CN(Cc1cscn1)CC1Cc2ccccc2CN1C. The van der Waals surface area contributed by atoms with E-state index in [4.69, 9.17) is 0 Å². The van der Waals surface area contributed by atoms with Crippen LogP contribution in [0.15, 0.2) is 35.2 Å². The number of fused-ring (bicyclic) bond motifs is 1. The first kappa shape index (κ1) is 13.7. The lowest BCUT2D eigenvalue weighted by Crippen LogP contribution is -2.44. The summed E-state index contributed by atoms with van der Waals surface area (Å²) in [6.07, 6.45) is 1.15. The molecular formula is C16H21N3S. The molecule has 106 valence electrons. The molecule has 0 fully saturated rings. The van der Waals surface area contributed by atoms with Gasteiger partial charge >= 0.3 is 0 Å². The third-order valence-electron chi connectivity index (χ3n) is 4.05. The van der Waals surface area contributed by atoms with E-state index in [9.17, 15) is 0 Å². The number of likely N-dealkylation sites (N-methyl/N-ethyl adjacent to an activating group) is 2. The minimum atomic E-state index is 0.591. The van der Waals surface area contributed by atoms with E-state index in [0.717, 1.165) is 26.1 Å². The Morgan fingerprint density at radius 2 is 2.15 bits per heavy atom.